The fourth-order valence-electron chi connectivity index (χ4n) is 3.36. The molecule has 1 aromatic rings. The first-order valence-electron chi connectivity index (χ1n) is 8.53. The van der Waals surface area contributed by atoms with Gasteiger partial charge in [-0.2, -0.15) is 0 Å². The molecular weight excluding hydrogens is 295 g/mol. The lowest BCUT2D eigenvalue weighted by atomic mass is 10.1. The third-order valence-electron chi connectivity index (χ3n) is 5.03. The van der Waals surface area contributed by atoms with E-state index in [1.165, 1.54) is 12.1 Å². The molecular formula is C18H25FN2O2. The summed E-state index contributed by atoms with van der Waals surface area (Å²) in [4.78, 5) is 16.8. The van der Waals surface area contributed by atoms with Gasteiger partial charge in [-0.3, -0.25) is 9.69 Å². The van der Waals surface area contributed by atoms with Crippen molar-refractivity contribution in [3.05, 3.63) is 35.6 Å². The number of benzene rings is 1. The van der Waals surface area contributed by atoms with Crippen molar-refractivity contribution < 1.29 is 14.3 Å². The Balaban J connectivity index is 1.48. The van der Waals surface area contributed by atoms with Crippen molar-refractivity contribution in [2.75, 3.05) is 32.7 Å². The lowest BCUT2D eigenvalue weighted by Crippen LogP contribution is -2.50. The van der Waals surface area contributed by atoms with Crippen LogP contribution in [0.5, 0.6) is 0 Å². The van der Waals surface area contributed by atoms with E-state index in [1.54, 1.807) is 12.1 Å². The minimum atomic E-state index is -0.274. The lowest BCUT2D eigenvalue weighted by Gasteiger charge is -2.35. The Labute approximate surface area is 136 Å². The number of rotatable bonds is 5. The quantitative estimate of drug-likeness (QED) is 0.900. The van der Waals surface area contributed by atoms with Crippen LogP contribution in [0.15, 0.2) is 24.3 Å². The van der Waals surface area contributed by atoms with E-state index in [2.05, 4.69) is 4.90 Å². The van der Waals surface area contributed by atoms with Crippen LogP contribution in [-0.2, 0) is 4.79 Å². The van der Waals surface area contributed by atoms with E-state index in [1.807, 2.05) is 11.8 Å². The summed E-state index contributed by atoms with van der Waals surface area (Å²) in [5.41, 5.74) is 1.06. The first-order valence-corrected chi connectivity index (χ1v) is 8.53. The normalized spacial score (nSPS) is 26.1. The second-order valence-corrected chi connectivity index (χ2v) is 6.69. The average Bonchev–Trinajstić information content (AvgIpc) is 3.36. The van der Waals surface area contributed by atoms with Gasteiger partial charge in [-0.15, -0.1) is 0 Å². The molecule has 1 aromatic carbocycles. The molecule has 0 radical (unpaired) electrons. The minimum Gasteiger partial charge on any atom is -0.392 e. The molecule has 0 aromatic heterocycles. The molecule has 2 aliphatic rings. The van der Waals surface area contributed by atoms with Crippen LogP contribution in [-0.4, -0.2) is 59.6 Å². The van der Waals surface area contributed by atoms with Crippen LogP contribution in [0.3, 0.4) is 0 Å². The fourth-order valence-corrected chi connectivity index (χ4v) is 3.36. The first kappa shape index (κ1) is 16.4. The van der Waals surface area contributed by atoms with E-state index in [-0.39, 0.29) is 29.7 Å². The van der Waals surface area contributed by atoms with Crippen LogP contribution in [0.1, 0.15) is 31.2 Å². The Hall–Kier alpha value is -1.46. The van der Waals surface area contributed by atoms with Gasteiger partial charge in [0.2, 0.25) is 5.91 Å². The van der Waals surface area contributed by atoms with Crippen molar-refractivity contribution in [2.24, 2.45) is 5.92 Å². The predicted octanol–water partition coefficient (Wildman–Crippen LogP) is 1.84. The maximum absolute atomic E-state index is 13.0. The summed E-state index contributed by atoms with van der Waals surface area (Å²) in [7, 11) is 0. The molecule has 3 atom stereocenters. The van der Waals surface area contributed by atoms with Gasteiger partial charge >= 0.3 is 0 Å². The Morgan fingerprint density at radius 2 is 1.91 bits per heavy atom. The van der Waals surface area contributed by atoms with Crippen molar-refractivity contribution in [3.8, 4) is 0 Å². The molecule has 1 heterocycles. The van der Waals surface area contributed by atoms with Crippen molar-refractivity contribution in [1.82, 2.24) is 9.80 Å². The van der Waals surface area contributed by atoms with Crippen molar-refractivity contribution in [3.63, 3.8) is 0 Å². The van der Waals surface area contributed by atoms with Gasteiger partial charge in [0.15, 0.2) is 0 Å². The van der Waals surface area contributed by atoms with Crippen LogP contribution >= 0.6 is 0 Å². The summed E-state index contributed by atoms with van der Waals surface area (Å²) in [6.07, 6.45) is 1.36. The molecule has 1 saturated heterocycles. The van der Waals surface area contributed by atoms with Gasteiger partial charge in [0.1, 0.15) is 5.82 Å². The van der Waals surface area contributed by atoms with Crippen LogP contribution in [0.25, 0.3) is 0 Å². The molecule has 4 nitrogen and oxygen atoms in total. The van der Waals surface area contributed by atoms with Gasteiger partial charge in [0, 0.05) is 38.6 Å². The molecule has 1 aliphatic carbocycles. The van der Waals surface area contributed by atoms with Crippen LogP contribution in [0.4, 0.5) is 4.39 Å². The molecule has 23 heavy (non-hydrogen) atoms. The maximum Gasteiger partial charge on any atom is 0.226 e. The molecule has 2 fully saturated rings. The highest BCUT2D eigenvalue weighted by atomic mass is 19.1. The fraction of sp³-hybridized carbons (Fsp3) is 0.611. The highest BCUT2D eigenvalue weighted by molar-refractivity contribution is 5.83. The molecule has 1 saturated carbocycles. The van der Waals surface area contributed by atoms with Gasteiger partial charge in [-0.1, -0.05) is 19.1 Å². The largest absolute Gasteiger partial charge is 0.392 e. The number of hydrogen-bond donors (Lipinski definition) is 1. The summed E-state index contributed by atoms with van der Waals surface area (Å²) in [6, 6.07) is 6.51. The van der Waals surface area contributed by atoms with Crippen LogP contribution in [0.2, 0.25) is 0 Å². The van der Waals surface area contributed by atoms with Gasteiger partial charge in [0.05, 0.1) is 6.10 Å². The third kappa shape index (κ3) is 3.90. The van der Waals surface area contributed by atoms with Crippen molar-refractivity contribution in [2.45, 2.75) is 31.8 Å². The number of aliphatic hydroxyl groups excluding tert-OH is 1. The monoisotopic (exact) mass is 320 g/mol. The number of hydrogen-bond acceptors (Lipinski definition) is 3. The van der Waals surface area contributed by atoms with Gasteiger partial charge in [0.25, 0.3) is 0 Å². The van der Waals surface area contributed by atoms with Crippen LogP contribution < -0.4 is 0 Å². The minimum absolute atomic E-state index is 0.0632. The second-order valence-electron chi connectivity index (χ2n) is 6.69. The Kier molecular flexibility index (Phi) is 4.97. The molecule has 1 amide bonds. The molecule has 5 heteroatoms. The average molecular weight is 320 g/mol. The highest BCUT2D eigenvalue weighted by Gasteiger charge is 2.46. The first-order chi connectivity index (χ1) is 11.1. The summed E-state index contributed by atoms with van der Waals surface area (Å²) in [5.74, 6) is 0.314. The smallest absolute Gasteiger partial charge is 0.226 e. The van der Waals surface area contributed by atoms with Gasteiger partial charge in [-0.05, 0) is 36.5 Å². The second kappa shape index (κ2) is 6.97. The molecule has 1 aliphatic heterocycles. The maximum atomic E-state index is 13.0. The van der Waals surface area contributed by atoms with E-state index in [4.69, 9.17) is 0 Å². The summed E-state index contributed by atoms with van der Waals surface area (Å²) >= 11 is 0. The number of nitrogens with zero attached hydrogens (tertiary/aromatic N) is 2. The van der Waals surface area contributed by atoms with Crippen molar-refractivity contribution in [1.29, 1.82) is 0 Å². The lowest BCUT2D eigenvalue weighted by molar-refractivity contribution is -0.134. The number of piperazine rings is 1. The molecule has 126 valence electrons. The summed E-state index contributed by atoms with van der Waals surface area (Å²) in [6.45, 7) is 5.81. The molecule has 0 spiro atoms. The topological polar surface area (TPSA) is 43.8 Å². The summed E-state index contributed by atoms with van der Waals surface area (Å²) in [5, 5.41) is 9.71. The molecule has 3 unspecified atom stereocenters. The summed E-state index contributed by atoms with van der Waals surface area (Å²) < 4.78 is 13.0. The molecule has 1 N–H and O–H groups in total. The van der Waals surface area contributed by atoms with E-state index in [0.717, 1.165) is 44.6 Å². The zero-order valence-electron chi connectivity index (χ0n) is 13.6. The van der Waals surface area contributed by atoms with Gasteiger partial charge in [-0.25, -0.2) is 4.39 Å². The number of halogens is 1. The van der Waals surface area contributed by atoms with Gasteiger partial charge < -0.3 is 10.0 Å². The number of carbonyl (C=O) groups excluding carboxylic acids is 1. The van der Waals surface area contributed by atoms with E-state index in [9.17, 15) is 14.3 Å². The molecule has 3 rings (SSSR count). The number of β-amino-alcohol motifs (C(OH)–C–C–N with tert-alkyl or cyclic N) is 1. The van der Waals surface area contributed by atoms with Crippen LogP contribution in [0, 0.1) is 11.7 Å². The number of carbonyl (C=O) groups is 1. The Bertz CT molecular complexity index is 540. The Morgan fingerprint density at radius 1 is 1.26 bits per heavy atom. The zero-order valence-corrected chi connectivity index (χ0v) is 13.6. The third-order valence-corrected chi connectivity index (χ3v) is 5.03. The standard InChI is InChI=1S/C18H25FN2O2/c1-2-15(22)12-20-7-9-21(10-8-20)18(23)17-11-16(17)13-3-5-14(19)6-4-13/h3-6,15-17,22H,2,7-12H2,1H3. The predicted molar refractivity (Wildman–Crippen MR) is 86.6 cm³/mol. The van der Waals surface area contributed by atoms with E-state index < -0.39 is 0 Å². The SMILES string of the molecule is CCC(O)CN1CCN(C(=O)C2CC2c2ccc(F)cc2)CC1. The Morgan fingerprint density at radius 3 is 2.52 bits per heavy atom. The number of aliphatic hydroxyl groups is 1. The number of amides is 1. The van der Waals surface area contributed by atoms with E-state index in [0.29, 0.717) is 6.54 Å². The zero-order chi connectivity index (χ0) is 16.4. The van der Waals surface area contributed by atoms with E-state index >= 15 is 0 Å². The van der Waals surface area contributed by atoms with Crippen molar-refractivity contribution >= 4 is 5.91 Å². The highest BCUT2D eigenvalue weighted by Crippen LogP contribution is 2.48. The molecule has 0 bridgehead atoms.